The number of ether oxygens (including phenoxy) is 1. The summed E-state index contributed by atoms with van der Waals surface area (Å²) in [5, 5.41) is 14.1. The molecule has 29 heavy (non-hydrogen) atoms. The topological polar surface area (TPSA) is 41.5 Å². The SMILES string of the molecule is C[C@H]1CC[C@]2(C[C@@H]3[C@@H](CC4[C@H]5CC=C6C[C@@H](O)CCC6(C)C5CC[C@]43C)O2)NC1. The summed E-state index contributed by atoms with van der Waals surface area (Å²) < 4.78 is 6.89. The number of hydrogen-bond acceptors (Lipinski definition) is 3. The number of nitrogens with one attached hydrogen (secondary N) is 1. The van der Waals surface area contributed by atoms with Gasteiger partial charge in [-0.25, -0.2) is 0 Å². The summed E-state index contributed by atoms with van der Waals surface area (Å²) >= 11 is 0. The van der Waals surface area contributed by atoms with Crippen LogP contribution in [0.2, 0.25) is 0 Å². The Hall–Kier alpha value is -0.380. The molecular formula is C26H41NO2. The molecular weight excluding hydrogens is 358 g/mol. The van der Waals surface area contributed by atoms with E-state index in [1.54, 1.807) is 5.57 Å². The minimum atomic E-state index is -0.0964. The lowest BCUT2D eigenvalue weighted by Gasteiger charge is -2.58. The third-order valence-electron chi connectivity index (χ3n) is 11.0. The highest BCUT2D eigenvalue weighted by Crippen LogP contribution is 2.69. The van der Waals surface area contributed by atoms with E-state index in [-0.39, 0.29) is 11.8 Å². The predicted molar refractivity (Wildman–Crippen MR) is 115 cm³/mol. The molecule has 3 heteroatoms. The zero-order chi connectivity index (χ0) is 20.0. The molecule has 2 heterocycles. The summed E-state index contributed by atoms with van der Waals surface area (Å²) in [6.07, 6.45) is 15.2. The molecule has 2 aliphatic heterocycles. The molecule has 3 saturated carbocycles. The maximum absolute atomic E-state index is 10.2. The van der Waals surface area contributed by atoms with Crippen molar-refractivity contribution in [3.63, 3.8) is 0 Å². The zero-order valence-corrected chi connectivity index (χ0v) is 18.8. The number of aliphatic hydroxyl groups excluding tert-OH is 1. The standard InChI is InChI=1S/C26H41NO2/c1-16-6-11-26(27-15-16)14-22-23(29-26)13-21-19-5-4-17-12-18(28)7-9-24(17,2)20(19)8-10-25(21,22)3/h4,16,18-23,27-28H,5-15H2,1-3H3/t16-,18-,19-,20?,21?,22+,23+,24?,25+,26-/m0/s1. The Balaban J connectivity index is 1.25. The van der Waals surface area contributed by atoms with Crippen molar-refractivity contribution < 1.29 is 9.84 Å². The number of fused-ring (bicyclic) bond motifs is 7. The molecule has 6 rings (SSSR count). The maximum atomic E-state index is 10.2. The normalized spacial score (nSPS) is 58.9. The van der Waals surface area contributed by atoms with Gasteiger partial charge in [0.05, 0.1) is 12.2 Å². The molecule has 1 spiro atoms. The second-order valence-electron chi connectivity index (χ2n) is 12.4. The van der Waals surface area contributed by atoms with Gasteiger partial charge in [-0.05, 0) is 105 Å². The van der Waals surface area contributed by atoms with Gasteiger partial charge >= 0.3 is 0 Å². The predicted octanol–water partition coefficient (Wildman–Crippen LogP) is 5.04. The van der Waals surface area contributed by atoms with E-state index in [1.807, 2.05) is 0 Å². The van der Waals surface area contributed by atoms with Crippen molar-refractivity contribution in [3.05, 3.63) is 11.6 Å². The zero-order valence-electron chi connectivity index (χ0n) is 18.8. The van der Waals surface area contributed by atoms with Crippen LogP contribution >= 0.6 is 0 Å². The van der Waals surface area contributed by atoms with Crippen molar-refractivity contribution in [2.45, 2.75) is 103 Å². The van der Waals surface area contributed by atoms with Gasteiger partial charge in [0.25, 0.3) is 0 Å². The van der Waals surface area contributed by atoms with Gasteiger partial charge in [0, 0.05) is 6.54 Å². The average molecular weight is 400 g/mol. The van der Waals surface area contributed by atoms with E-state index in [4.69, 9.17) is 4.74 Å². The number of hydrogen-bond donors (Lipinski definition) is 2. The molecule has 3 unspecified atom stereocenters. The van der Waals surface area contributed by atoms with Gasteiger partial charge in [0.2, 0.25) is 0 Å². The Morgan fingerprint density at radius 3 is 2.72 bits per heavy atom. The van der Waals surface area contributed by atoms with Crippen molar-refractivity contribution in [2.75, 3.05) is 6.54 Å². The average Bonchev–Trinajstić information content (AvgIpc) is 3.18. The number of piperidine rings is 1. The first-order valence-electron chi connectivity index (χ1n) is 12.6. The fourth-order valence-electron chi connectivity index (χ4n) is 9.23. The lowest BCUT2D eigenvalue weighted by molar-refractivity contribution is -0.0960. The monoisotopic (exact) mass is 399 g/mol. The summed E-state index contributed by atoms with van der Waals surface area (Å²) in [6.45, 7) is 8.67. The van der Waals surface area contributed by atoms with Crippen LogP contribution in [0.25, 0.3) is 0 Å². The first-order valence-corrected chi connectivity index (χ1v) is 12.6. The highest BCUT2D eigenvalue weighted by molar-refractivity contribution is 5.26. The van der Waals surface area contributed by atoms with Gasteiger partial charge in [0.1, 0.15) is 5.72 Å². The molecule has 0 radical (unpaired) electrons. The molecule has 3 nitrogen and oxygen atoms in total. The van der Waals surface area contributed by atoms with Crippen molar-refractivity contribution in [2.24, 2.45) is 40.4 Å². The second-order valence-corrected chi connectivity index (χ2v) is 12.4. The van der Waals surface area contributed by atoms with Crippen molar-refractivity contribution >= 4 is 0 Å². The molecule has 0 aromatic heterocycles. The fourth-order valence-corrected chi connectivity index (χ4v) is 9.23. The lowest BCUT2D eigenvalue weighted by atomic mass is 9.47. The highest BCUT2D eigenvalue weighted by Gasteiger charge is 2.65. The minimum absolute atomic E-state index is 0.00219. The number of rotatable bonds is 0. The van der Waals surface area contributed by atoms with Gasteiger partial charge in [-0.1, -0.05) is 32.4 Å². The summed E-state index contributed by atoms with van der Waals surface area (Å²) in [5.74, 6) is 4.04. The lowest BCUT2D eigenvalue weighted by Crippen LogP contribution is -2.53. The Bertz CT molecular complexity index is 709. The van der Waals surface area contributed by atoms with Gasteiger partial charge < -0.3 is 9.84 Å². The largest absolute Gasteiger partial charge is 0.393 e. The maximum Gasteiger partial charge on any atom is 0.120 e. The third-order valence-corrected chi connectivity index (χ3v) is 11.0. The molecule has 0 aromatic carbocycles. The van der Waals surface area contributed by atoms with E-state index >= 15 is 0 Å². The van der Waals surface area contributed by atoms with Crippen LogP contribution in [0.15, 0.2) is 11.6 Å². The molecule has 0 amide bonds. The smallest absolute Gasteiger partial charge is 0.120 e. The summed E-state index contributed by atoms with van der Waals surface area (Å²) in [6, 6.07) is 0. The van der Waals surface area contributed by atoms with Crippen LogP contribution in [0.1, 0.15) is 85.0 Å². The molecule has 162 valence electrons. The van der Waals surface area contributed by atoms with Crippen LogP contribution in [0.5, 0.6) is 0 Å². The van der Waals surface area contributed by atoms with Crippen LogP contribution in [0.4, 0.5) is 0 Å². The van der Waals surface area contributed by atoms with Gasteiger partial charge in [-0.2, -0.15) is 0 Å². The fraction of sp³-hybridized carbons (Fsp3) is 0.923. The minimum Gasteiger partial charge on any atom is -0.393 e. The number of allylic oxidation sites excluding steroid dienone is 1. The molecule has 5 fully saturated rings. The molecule has 4 aliphatic carbocycles. The van der Waals surface area contributed by atoms with Crippen molar-refractivity contribution in [1.29, 1.82) is 0 Å². The summed E-state index contributed by atoms with van der Waals surface area (Å²) in [5.41, 5.74) is 2.41. The first kappa shape index (κ1) is 19.3. The Labute approximate surface area is 177 Å². The Morgan fingerprint density at radius 2 is 1.93 bits per heavy atom. The van der Waals surface area contributed by atoms with Gasteiger partial charge in [0.15, 0.2) is 0 Å². The summed E-state index contributed by atoms with van der Waals surface area (Å²) in [7, 11) is 0. The highest BCUT2D eigenvalue weighted by atomic mass is 16.5. The van der Waals surface area contributed by atoms with E-state index in [0.29, 0.717) is 16.9 Å². The second kappa shape index (κ2) is 6.33. The molecule has 2 saturated heterocycles. The first-order chi connectivity index (χ1) is 13.8. The van der Waals surface area contributed by atoms with Crippen LogP contribution in [-0.4, -0.2) is 29.6 Å². The Morgan fingerprint density at radius 1 is 1.07 bits per heavy atom. The number of aliphatic hydroxyl groups is 1. The molecule has 0 bridgehead atoms. The van der Waals surface area contributed by atoms with Crippen molar-refractivity contribution in [3.8, 4) is 0 Å². The van der Waals surface area contributed by atoms with Gasteiger partial charge in [-0.3, -0.25) is 5.32 Å². The summed E-state index contributed by atoms with van der Waals surface area (Å²) in [4.78, 5) is 0. The van der Waals surface area contributed by atoms with E-state index in [0.717, 1.165) is 49.0 Å². The van der Waals surface area contributed by atoms with E-state index in [9.17, 15) is 5.11 Å². The van der Waals surface area contributed by atoms with Crippen molar-refractivity contribution in [1.82, 2.24) is 5.32 Å². The van der Waals surface area contributed by atoms with E-state index in [1.165, 1.54) is 51.4 Å². The molecule has 2 N–H and O–H groups in total. The molecule has 0 aromatic rings. The van der Waals surface area contributed by atoms with Crippen LogP contribution in [0.3, 0.4) is 0 Å². The molecule has 6 aliphatic rings. The van der Waals surface area contributed by atoms with E-state index in [2.05, 4.69) is 32.2 Å². The molecule has 10 atom stereocenters. The third kappa shape index (κ3) is 2.66. The quantitative estimate of drug-likeness (QED) is 0.561. The van der Waals surface area contributed by atoms with E-state index < -0.39 is 0 Å². The van der Waals surface area contributed by atoms with Crippen LogP contribution < -0.4 is 5.32 Å². The Kier molecular flexibility index (Phi) is 4.21. The van der Waals surface area contributed by atoms with Crippen LogP contribution in [0, 0.1) is 40.4 Å². The van der Waals surface area contributed by atoms with Gasteiger partial charge in [-0.15, -0.1) is 0 Å². The van der Waals surface area contributed by atoms with Crippen LogP contribution in [-0.2, 0) is 4.74 Å².